The van der Waals surface area contributed by atoms with Crippen molar-refractivity contribution in [2.24, 2.45) is 5.92 Å². The highest BCUT2D eigenvalue weighted by Gasteiger charge is 2.24. The van der Waals surface area contributed by atoms with E-state index in [4.69, 9.17) is 11.6 Å². The van der Waals surface area contributed by atoms with Crippen molar-refractivity contribution in [1.29, 1.82) is 0 Å². The highest BCUT2D eigenvalue weighted by atomic mass is 35.5. The molecular weight excluding hydrogens is 288 g/mol. The monoisotopic (exact) mass is 304 g/mol. The van der Waals surface area contributed by atoms with Gasteiger partial charge in [-0.05, 0) is 30.9 Å². The first-order chi connectivity index (χ1) is 10.2. The fourth-order valence-electron chi connectivity index (χ4n) is 2.68. The molecule has 0 N–H and O–H groups in total. The number of carbonyl (C=O) groups excluding carboxylic acids is 1. The van der Waals surface area contributed by atoms with Gasteiger partial charge in [-0.3, -0.25) is 4.79 Å². The first kappa shape index (κ1) is 14.1. The van der Waals surface area contributed by atoms with Crippen molar-refractivity contribution >= 4 is 17.5 Å². The molecule has 5 nitrogen and oxygen atoms in total. The maximum atomic E-state index is 12.3. The smallest absolute Gasteiger partial charge is 0.272 e. The molecular formula is C15H17ClN4O. The molecule has 0 atom stereocenters. The molecule has 0 spiro atoms. The second-order valence-electron chi connectivity index (χ2n) is 5.36. The average molecular weight is 305 g/mol. The zero-order valence-electron chi connectivity index (χ0n) is 11.7. The van der Waals surface area contributed by atoms with Crippen LogP contribution in [0, 0.1) is 5.92 Å². The van der Waals surface area contributed by atoms with E-state index < -0.39 is 0 Å². The number of piperidine rings is 1. The van der Waals surface area contributed by atoms with Gasteiger partial charge < -0.3 is 9.47 Å². The van der Waals surface area contributed by atoms with Crippen LogP contribution >= 0.6 is 11.6 Å². The summed E-state index contributed by atoms with van der Waals surface area (Å²) in [6, 6.07) is 3.38. The lowest BCUT2D eigenvalue weighted by Gasteiger charge is -2.31. The van der Waals surface area contributed by atoms with Crippen molar-refractivity contribution in [3.8, 4) is 0 Å². The molecule has 1 aliphatic heterocycles. The minimum Gasteiger partial charge on any atom is -0.337 e. The standard InChI is InChI=1S/C15H17ClN4O/c16-13-1-2-14(18-9-13)15(21)20-6-3-12(4-7-20)10-19-8-5-17-11-19/h1-2,5,8-9,11-12H,3-4,6-7,10H2. The number of imidazole rings is 1. The summed E-state index contributed by atoms with van der Waals surface area (Å²) < 4.78 is 2.10. The minimum atomic E-state index is -0.00672. The third-order valence-corrected chi connectivity index (χ3v) is 4.10. The fourth-order valence-corrected chi connectivity index (χ4v) is 2.79. The van der Waals surface area contributed by atoms with Crippen LogP contribution < -0.4 is 0 Å². The van der Waals surface area contributed by atoms with E-state index in [1.54, 1.807) is 18.3 Å². The van der Waals surface area contributed by atoms with Gasteiger partial charge in [0, 0.05) is 38.2 Å². The van der Waals surface area contributed by atoms with Crippen molar-refractivity contribution < 1.29 is 4.79 Å². The Bertz CT molecular complexity index is 589. The molecule has 110 valence electrons. The zero-order chi connectivity index (χ0) is 14.7. The summed E-state index contributed by atoms with van der Waals surface area (Å²) in [5.74, 6) is 0.592. The molecule has 1 amide bonds. The van der Waals surface area contributed by atoms with Gasteiger partial charge in [-0.1, -0.05) is 11.6 Å². The summed E-state index contributed by atoms with van der Waals surface area (Å²) >= 11 is 5.79. The quantitative estimate of drug-likeness (QED) is 0.875. The van der Waals surface area contributed by atoms with Gasteiger partial charge in [0.15, 0.2) is 0 Å². The molecule has 3 rings (SSSR count). The van der Waals surface area contributed by atoms with E-state index >= 15 is 0 Å². The molecule has 21 heavy (non-hydrogen) atoms. The van der Waals surface area contributed by atoms with Gasteiger partial charge in [-0.25, -0.2) is 9.97 Å². The summed E-state index contributed by atoms with van der Waals surface area (Å²) in [6.07, 6.45) is 9.16. The number of carbonyl (C=O) groups is 1. The van der Waals surface area contributed by atoms with E-state index in [0.29, 0.717) is 16.6 Å². The minimum absolute atomic E-state index is 0.00672. The Labute approximate surface area is 128 Å². The first-order valence-corrected chi connectivity index (χ1v) is 7.47. The van der Waals surface area contributed by atoms with Gasteiger partial charge in [0.25, 0.3) is 5.91 Å². The van der Waals surface area contributed by atoms with E-state index in [1.165, 1.54) is 6.20 Å². The van der Waals surface area contributed by atoms with Crippen LogP contribution in [0.25, 0.3) is 0 Å². The van der Waals surface area contributed by atoms with E-state index in [-0.39, 0.29) is 5.91 Å². The van der Waals surface area contributed by atoms with Gasteiger partial charge in [0.05, 0.1) is 11.3 Å². The average Bonchev–Trinajstić information content (AvgIpc) is 3.01. The lowest BCUT2D eigenvalue weighted by Crippen LogP contribution is -2.39. The molecule has 0 radical (unpaired) electrons. The fraction of sp³-hybridized carbons (Fsp3) is 0.400. The molecule has 6 heteroatoms. The zero-order valence-corrected chi connectivity index (χ0v) is 12.4. The Morgan fingerprint density at radius 1 is 1.33 bits per heavy atom. The molecule has 1 saturated heterocycles. The Morgan fingerprint density at radius 2 is 2.14 bits per heavy atom. The number of nitrogens with zero attached hydrogens (tertiary/aromatic N) is 4. The van der Waals surface area contributed by atoms with E-state index in [1.807, 2.05) is 17.4 Å². The van der Waals surface area contributed by atoms with Crippen LogP contribution in [0.2, 0.25) is 5.02 Å². The SMILES string of the molecule is O=C(c1ccc(Cl)cn1)N1CCC(Cn2ccnc2)CC1. The van der Waals surface area contributed by atoms with Crippen molar-refractivity contribution in [3.05, 3.63) is 47.8 Å². The van der Waals surface area contributed by atoms with Gasteiger partial charge in [-0.2, -0.15) is 0 Å². The molecule has 2 aromatic rings. The second kappa shape index (κ2) is 6.26. The van der Waals surface area contributed by atoms with Crippen molar-refractivity contribution in [1.82, 2.24) is 19.4 Å². The molecule has 0 unspecified atom stereocenters. The number of hydrogen-bond acceptors (Lipinski definition) is 3. The van der Waals surface area contributed by atoms with Crippen LogP contribution in [0.15, 0.2) is 37.1 Å². The van der Waals surface area contributed by atoms with Crippen LogP contribution in [0.1, 0.15) is 23.3 Å². The molecule has 1 aliphatic rings. The summed E-state index contributed by atoms with van der Waals surface area (Å²) in [5.41, 5.74) is 0.465. The Morgan fingerprint density at radius 3 is 2.76 bits per heavy atom. The van der Waals surface area contributed by atoms with Crippen LogP contribution in [-0.2, 0) is 6.54 Å². The maximum Gasteiger partial charge on any atom is 0.272 e. The van der Waals surface area contributed by atoms with Gasteiger partial charge in [0.1, 0.15) is 5.69 Å². The predicted octanol–water partition coefficient (Wildman–Crippen LogP) is 2.48. The van der Waals surface area contributed by atoms with E-state index in [9.17, 15) is 4.79 Å². The molecule has 0 saturated carbocycles. The van der Waals surface area contributed by atoms with Gasteiger partial charge in [0.2, 0.25) is 0 Å². The van der Waals surface area contributed by atoms with Crippen LogP contribution in [0.3, 0.4) is 0 Å². The number of aromatic nitrogens is 3. The molecule has 0 aliphatic carbocycles. The van der Waals surface area contributed by atoms with E-state index in [2.05, 4.69) is 14.5 Å². The largest absolute Gasteiger partial charge is 0.337 e. The van der Waals surface area contributed by atoms with E-state index in [0.717, 1.165) is 32.5 Å². The highest BCUT2D eigenvalue weighted by molar-refractivity contribution is 6.30. The number of likely N-dealkylation sites (tertiary alicyclic amines) is 1. The van der Waals surface area contributed by atoms with Crippen molar-refractivity contribution in [2.75, 3.05) is 13.1 Å². The van der Waals surface area contributed by atoms with Crippen LogP contribution in [-0.4, -0.2) is 38.4 Å². The summed E-state index contributed by atoms with van der Waals surface area (Å²) in [4.78, 5) is 22.4. The lowest BCUT2D eigenvalue weighted by molar-refractivity contribution is 0.0677. The summed E-state index contributed by atoms with van der Waals surface area (Å²) in [5, 5.41) is 0.547. The highest BCUT2D eigenvalue weighted by Crippen LogP contribution is 2.20. The molecule has 0 aromatic carbocycles. The normalized spacial score (nSPS) is 16.1. The van der Waals surface area contributed by atoms with Gasteiger partial charge >= 0.3 is 0 Å². The lowest BCUT2D eigenvalue weighted by atomic mass is 9.96. The van der Waals surface area contributed by atoms with Crippen LogP contribution in [0.4, 0.5) is 0 Å². The van der Waals surface area contributed by atoms with Crippen molar-refractivity contribution in [2.45, 2.75) is 19.4 Å². The summed E-state index contributed by atoms with van der Waals surface area (Å²) in [7, 11) is 0. The maximum absolute atomic E-state index is 12.3. The molecule has 2 aromatic heterocycles. The Hall–Kier alpha value is -1.88. The number of pyridine rings is 1. The topological polar surface area (TPSA) is 51.0 Å². The molecule has 1 fully saturated rings. The number of halogens is 1. The molecule has 0 bridgehead atoms. The Kier molecular flexibility index (Phi) is 4.20. The number of hydrogen-bond donors (Lipinski definition) is 0. The van der Waals surface area contributed by atoms with Gasteiger partial charge in [-0.15, -0.1) is 0 Å². The third kappa shape index (κ3) is 3.42. The predicted molar refractivity (Wildman–Crippen MR) is 80.1 cm³/mol. The number of amides is 1. The third-order valence-electron chi connectivity index (χ3n) is 3.88. The molecule has 3 heterocycles. The Balaban J connectivity index is 1.55. The van der Waals surface area contributed by atoms with Crippen LogP contribution in [0.5, 0.6) is 0 Å². The van der Waals surface area contributed by atoms with Crippen molar-refractivity contribution in [3.63, 3.8) is 0 Å². The number of rotatable bonds is 3. The first-order valence-electron chi connectivity index (χ1n) is 7.09. The summed E-state index contributed by atoms with van der Waals surface area (Å²) in [6.45, 7) is 2.53. The second-order valence-corrected chi connectivity index (χ2v) is 5.79.